The summed E-state index contributed by atoms with van der Waals surface area (Å²) in [6.45, 7) is 6.65. The molecule has 1 aromatic heterocycles. The Labute approximate surface area is 106 Å². The molecule has 18 heavy (non-hydrogen) atoms. The fraction of sp³-hybridized carbons (Fsp3) is 0.538. The summed E-state index contributed by atoms with van der Waals surface area (Å²) in [5.74, 6) is 0.00222. The fourth-order valence-electron chi connectivity index (χ4n) is 2.22. The van der Waals surface area contributed by atoms with E-state index in [2.05, 4.69) is 16.8 Å². The number of nitrogens with one attached hydrogen (secondary N) is 1. The molecule has 1 aliphatic rings. The number of carbonyl (C=O) groups excluding carboxylic acids is 1. The Morgan fingerprint density at radius 1 is 1.28 bits per heavy atom. The van der Waals surface area contributed by atoms with Crippen LogP contribution in [0.4, 0.5) is 0 Å². The van der Waals surface area contributed by atoms with E-state index in [1.54, 1.807) is 6.07 Å². The van der Waals surface area contributed by atoms with E-state index in [9.17, 15) is 9.59 Å². The van der Waals surface area contributed by atoms with Gasteiger partial charge in [-0.05, 0) is 19.0 Å². The fourth-order valence-corrected chi connectivity index (χ4v) is 2.22. The largest absolute Gasteiger partial charge is 0.336 e. The minimum atomic E-state index is -0.181. The lowest BCUT2D eigenvalue weighted by Gasteiger charge is -2.34. The molecule has 2 rings (SSSR count). The molecule has 0 atom stereocenters. The average Bonchev–Trinajstić information content (AvgIpc) is 2.40. The smallest absolute Gasteiger partial charge is 0.255 e. The maximum atomic E-state index is 12.2. The summed E-state index contributed by atoms with van der Waals surface area (Å²) in [4.78, 5) is 29.9. The molecule has 1 aliphatic heterocycles. The Bertz CT molecular complexity index is 441. The quantitative estimate of drug-likeness (QED) is 0.850. The van der Waals surface area contributed by atoms with Crippen molar-refractivity contribution in [2.45, 2.75) is 13.3 Å². The monoisotopic (exact) mass is 249 g/mol. The molecule has 2 heterocycles. The van der Waals surface area contributed by atoms with E-state index < -0.39 is 0 Å². The first-order valence-corrected chi connectivity index (χ1v) is 6.41. The van der Waals surface area contributed by atoms with Crippen molar-refractivity contribution < 1.29 is 4.79 Å². The van der Waals surface area contributed by atoms with Gasteiger partial charge in [0, 0.05) is 38.4 Å². The first-order chi connectivity index (χ1) is 8.70. The van der Waals surface area contributed by atoms with Crippen LogP contribution in [0, 0.1) is 0 Å². The molecule has 0 aliphatic carbocycles. The summed E-state index contributed by atoms with van der Waals surface area (Å²) in [6, 6.07) is 2.97. The number of pyridine rings is 1. The zero-order chi connectivity index (χ0) is 13.0. The number of rotatable bonds is 3. The van der Waals surface area contributed by atoms with E-state index in [0.717, 1.165) is 39.1 Å². The van der Waals surface area contributed by atoms with E-state index in [0.29, 0.717) is 5.56 Å². The Morgan fingerprint density at radius 3 is 2.56 bits per heavy atom. The molecule has 0 spiro atoms. The molecular weight excluding hydrogens is 230 g/mol. The second-order valence-corrected chi connectivity index (χ2v) is 4.58. The maximum Gasteiger partial charge on any atom is 0.255 e. The molecular formula is C13H19N3O2. The van der Waals surface area contributed by atoms with E-state index in [4.69, 9.17) is 0 Å². The summed E-state index contributed by atoms with van der Waals surface area (Å²) >= 11 is 0. The van der Waals surface area contributed by atoms with Gasteiger partial charge >= 0.3 is 0 Å². The molecule has 0 bridgehead atoms. The molecule has 5 heteroatoms. The first kappa shape index (κ1) is 12.8. The van der Waals surface area contributed by atoms with Gasteiger partial charge in [-0.3, -0.25) is 14.5 Å². The SMILES string of the molecule is CCCN1CCN(C(=O)c2ccc(=O)[nH]c2)CC1. The Hall–Kier alpha value is -1.62. The van der Waals surface area contributed by atoms with Gasteiger partial charge in [-0.25, -0.2) is 0 Å². The molecule has 1 amide bonds. The third-order valence-electron chi connectivity index (χ3n) is 3.23. The zero-order valence-electron chi connectivity index (χ0n) is 10.7. The highest BCUT2D eigenvalue weighted by Gasteiger charge is 2.21. The lowest BCUT2D eigenvalue weighted by Crippen LogP contribution is -2.48. The Balaban J connectivity index is 1.95. The molecule has 1 fully saturated rings. The lowest BCUT2D eigenvalue weighted by atomic mass is 10.2. The zero-order valence-corrected chi connectivity index (χ0v) is 10.7. The van der Waals surface area contributed by atoms with Crippen molar-refractivity contribution in [3.8, 4) is 0 Å². The number of hydrogen-bond donors (Lipinski definition) is 1. The topological polar surface area (TPSA) is 56.4 Å². The highest BCUT2D eigenvalue weighted by Crippen LogP contribution is 2.07. The van der Waals surface area contributed by atoms with Gasteiger partial charge in [-0.1, -0.05) is 6.92 Å². The minimum absolute atomic E-state index is 0.00222. The number of hydrogen-bond acceptors (Lipinski definition) is 3. The van der Waals surface area contributed by atoms with E-state index >= 15 is 0 Å². The molecule has 98 valence electrons. The van der Waals surface area contributed by atoms with Crippen molar-refractivity contribution in [1.82, 2.24) is 14.8 Å². The van der Waals surface area contributed by atoms with Crippen LogP contribution in [-0.2, 0) is 0 Å². The second kappa shape index (κ2) is 5.82. The van der Waals surface area contributed by atoms with Crippen LogP contribution in [-0.4, -0.2) is 53.4 Å². The normalized spacial score (nSPS) is 16.8. The summed E-state index contributed by atoms with van der Waals surface area (Å²) in [7, 11) is 0. The van der Waals surface area contributed by atoms with Crippen LogP contribution in [0.25, 0.3) is 0 Å². The van der Waals surface area contributed by atoms with Crippen LogP contribution in [0.3, 0.4) is 0 Å². The van der Waals surface area contributed by atoms with Gasteiger partial charge in [-0.2, -0.15) is 0 Å². The number of carbonyl (C=O) groups is 1. The van der Waals surface area contributed by atoms with Crippen molar-refractivity contribution in [2.24, 2.45) is 0 Å². The van der Waals surface area contributed by atoms with Crippen molar-refractivity contribution in [1.29, 1.82) is 0 Å². The van der Waals surface area contributed by atoms with Gasteiger partial charge in [0.25, 0.3) is 5.91 Å². The number of H-pyrrole nitrogens is 1. The predicted molar refractivity (Wildman–Crippen MR) is 69.7 cm³/mol. The third kappa shape index (κ3) is 2.98. The van der Waals surface area contributed by atoms with Crippen molar-refractivity contribution >= 4 is 5.91 Å². The van der Waals surface area contributed by atoms with E-state index in [1.165, 1.54) is 12.3 Å². The summed E-state index contributed by atoms with van der Waals surface area (Å²) in [6.07, 6.45) is 2.64. The lowest BCUT2D eigenvalue weighted by molar-refractivity contribution is 0.0637. The summed E-state index contributed by atoms with van der Waals surface area (Å²) in [5.41, 5.74) is 0.373. The van der Waals surface area contributed by atoms with Crippen LogP contribution in [0.5, 0.6) is 0 Å². The Kier molecular flexibility index (Phi) is 4.15. The highest BCUT2D eigenvalue weighted by molar-refractivity contribution is 5.93. The van der Waals surface area contributed by atoms with Gasteiger partial charge in [-0.15, -0.1) is 0 Å². The minimum Gasteiger partial charge on any atom is -0.336 e. The molecule has 0 radical (unpaired) electrons. The predicted octanol–water partition coefficient (Wildman–Crippen LogP) is 0.543. The molecule has 0 aromatic carbocycles. The van der Waals surface area contributed by atoms with Gasteiger partial charge < -0.3 is 9.88 Å². The van der Waals surface area contributed by atoms with E-state index in [1.807, 2.05) is 4.90 Å². The summed E-state index contributed by atoms with van der Waals surface area (Å²) < 4.78 is 0. The third-order valence-corrected chi connectivity index (χ3v) is 3.23. The van der Waals surface area contributed by atoms with Crippen LogP contribution in [0.15, 0.2) is 23.1 Å². The van der Waals surface area contributed by atoms with Crippen LogP contribution >= 0.6 is 0 Å². The van der Waals surface area contributed by atoms with Crippen molar-refractivity contribution in [2.75, 3.05) is 32.7 Å². The number of aromatic amines is 1. The molecule has 1 aromatic rings. The van der Waals surface area contributed by atoms with Crippen molar-refractivity contribution in [3.63, 3.8) is 0 Å². The number of nitrogens with zero attached hydrogens (tertiary/aromatic N) is 2. The van der Waals surface area contributed by atoms with Crippen molar-refractivity contribution in [3.05, 3.63) is 34.2 Å². The molecule has 5 nitrogen and oxygen atoms in total. The maximum absolute atomic E-state index is 12.2. The average molecular weight is 249 g/mol. The first-order valence-electron chi connectivity index (χ1n) is 6.41. The molecule has 0 saturated carbocycles. The molecule has 1 saturated heterocycles. The summed E-state index contributed by atoms with van der Waals surface area (Å²) in [5, 5.41) is 0. The van der Waals surface area contributed by atoms with Gasteiger partial charge in [0.15, 0.2) is 0 Å². The highest BCUT2D eigenvalue weighted by atomic mass is 16.2. The van der Waals surface area contributed by atoms with Gasteiger partial charge in [0.05, 0.1) is 5.56 Å². The number of aromatic nitrogens is 1. The number of amides is 1. The second-order valence-electron chi connectivity index (χ2n) is 4.58. The van der Waals surface area contributed by atoms with Crippen LogP contribution in [0.1, 0.15) is 23.7 Å². The van der Waals surface area contributed by atoms with Crippen LogP contribution < -0.4 is 5.56 Å². The molecule has 1 N–H and O–H groups in total. The standard InChI is InChI=1S/C13H19N3O2/c1-2-5-15-6-8-16(9-7-15)13(18)11-3-4-12(17)14-10-11/h3-4,10H,2,5-9H2,1H3,(H,14,17). The molecule has 0 unspecified atom stereocenters. The number of piperazine rings is 1. The van der Waals surface area contributed by atoms with Gasteiger partial charge in [0.1, 0.15) is 0 Å². The van der Waals surface area contributed by atoms with Crippen LogP contribution in [0.2, 0.25) is 0 Å². The van der Waals surface area contributed by atoms with E-state index in [-0.39, 0.29) is 11.5 Å². The van der Waals surface area contributed by atoms with Gasteiger partial charge in [0.2, 0.25) is 5.56 Å². The Morgan fingerprint density at radius 2 is 2.00 bits per heavy atom.